The molecule has 0 saturated carbocycles. The fourth-order valence-electron chi connectivity index (χ4n) is 1.43. The van der Waals surface area contributed by atoms with Gasteiger partial charge in [0.15, 0.2) is 11.5 Å². The molecule has 0 aromatic carbocycles. The van der Waals surface area contributed by atoms with Crippen molar-refractivity contribution in [2.75, 3.05) is 6.54 Å². The summed E-state index contributed by atoms with van der Waals surface area (Å²) < 4.78 is 7.01. The zero-order chi connectivity index (χ0) is 15.5. The first-order chi connectivity index (χ1) is 9.11. The summed E-state index contributed by atoms with van der Waals surface area (Å²) in [6.45, 7) is 9.24. The molecule has 1 N–H and O–H groups in total. The number of amides is 1. The lowest BCUT2D eigenvalue weighted by Crippen LogP contribution is -2.35. The van der Waals surface area contributed by atoms with E-state index in [1.54, 1.807) is 13.1 Å². The van der Waals surface area contributed by atoms with Gasteiger partial charge >= 0.3 is 0 Å². The quantitative estimate of drug-likeness (QED) is 0.888. The van der Waals surface area contributed by atoms with Crippen LogP contribution >= 0.6 is 0 Å². The summed E-state index contributed by atoms with van der Waals surface area (Å²) in [5, 5.41) is 6.65. The van der Waals surface area contributed by atoms with Gasteiger partial charge in [0, 0.05) is 18.5 Å². The summed E-state index contributed by atoms with van der Waals surface area (Å²) >= 11 is 0. The molecule has 0 unspecified atom stereocenters. The van der Waals surface area contributed by atoms with Crippen LogP contribution in [0.5, 0.6) is 5.88 Å². The average molecular weight is 281 g/mol. The molecule has 1 aromatic rings. The van der Waals surface area contributed by atoms with Crippen molar-refractivity contribution in [3.63, 3.8) is 0 Å². The van der Waals surface area contributed by atoms with E-state index >= 15 is 0 Å². The van der Waals surface area contributed by atoms with Gasteiger partial charge in [0.05, 0.1) is 12.6 Å². The van der Waals surface area contributed by atoms with E-state index in [0.29, 0.717) is 5.88 Å². The van der Waals surface area contributed by atoms with Crippen LogP contribution in [-0.4, -0.2) is 34.1 Å². The molecule has 6 heteroatoms. The Morgan fingerprint density at radius 1 is 1.40 bits per heavy atom. The number of aromatic nitrogens is 2. The van der Waals surface area contributed by atoms with Crippen LogP contribution in [0.4, 0.5) is 0 Å². The highest BCUT2D eigenvalue weighted by Gasteiger charge is 2.22. The van der Waals surface area contributed by atoms with E-state index in [-0.39, 0.29) is 30.0 Å². The number of carbonyl (C=O) groups is 2. The van der Waals surface area contributed by atoms with Crippen LogP contribution in [0.15, 0.2) is 6.07 Å². The lowest BCUT2D eigenvalue weighted by atomic mass is 9.91. The van der Waals surface area contributed by atoms with Crippen LogP contribution in [0.25, 0.3) is 0 Å². The van der Waals surface area contributed by atoms with E-state index < -0.39 is 5.41 Å². The number of nitrogens with one attached hydrogen (secondary N) is 1. The molecule has 0 atom stereocenters. The second-order valence-electron chi connectivity index (χ2n) is 6.01. The van der Waals surface area contributed by atoms with Crippen molar-refractivity contribution in [3.8, 4) is 5.88 Å². The number of carbonyl (C=O) groups excluding carboxylic acids is 2. The average Bonchev–Trinajstić information content (AvgIpc) is 2.65. The van der Waals surface area contributed by atoms with Gasteiger partial charge in [-0.05, 0) is 13.8 Å². The Labute approximate surface area is 119 Å². The lowest BCUT2D eigenvalue weighted by Gasteiger charge is -2.16. The predicted octanol–water partition coefficient (Wildman–Crippen LogP) is 1.55. The molecule has 0 aliphatic rings. The molecule has 0 fully saturated rings. The third kappa shape index (κ3) is 4.36. The van der Waals surface area contributed by atoms with E-state index in [4.69, 9.17) is 4.74 Å². The van der Waals surface area contributed by atoms with Crippen LogP contribution in [0.1, 0.15) is 45.1 Å². The molecule has 20 heavy (non-hydrogen) atoms. The van der Waals surface area contributed by atoms with Gasteiger partial charge in [0.25, 0.3) is 5.91 Å². The van der Waals surface area contributed by atoms with Gasteiger partial charge in [-0.2, -0.15) is 5.10 Å². The maximum Gasteiger partial charge on any atom is 0.272 e. The Bertz CT molecular complexity index is 498. The maximum atomic E-state index is 11.9. The van der Waals surface area contributed by atoms with Gasteiger partial charge in [-0.25, -0.2) is 4.68 Å². The smallest absolute Gasteiger partial charge is 0.272 e. The summed E-state index contributed by atoms with van der Waals surface area (Å²) in [4.78, 5) is 23.7. The highest BCUT2D eigenvalue weighted by molar-refractivity contribution is 5.96. The molecule has 1 aromatic heterocycles. The van der Waals surface area contributed by atoms with Crippen LogP contribution in [-0.2, 0) is 11.8 Å². The van der Waals surface area contributed by atoms with Crippen LogP contribution < -0.4 is 10.1 Å². The Hall–Kier alpha value is -1.85. The summed E-state index contributed by atoms with van der Waals surface area (Å²) in [6.07, 6.45) is 0.00350. The van der Waals surface area contributed by atoms with E-state index in [0.717, 1.165) is 0 Å². The van der Waals surface area contributed by atoms with E-state index in [9.17, 15) is 9.59 Å². The van der Waals surface area contributed by atoms with Gasteiger partial charge in [0.1, 0.15) is 0 Å². The third-order valence-electron chi connectivity index (χ3n) is 2.67. The number of rotatable bonds is 5. The van der Waals surface area contributed by atoms with Gasteiger partial charge in [-0.1, -0.05) is 20.8 Å². The van der Waals surface area contributed by atoms with Crippen LogP contribution in [0.3, 0.4) is 0 Å². The zero-order valence-corrected chi connectivity index (χ0v) is 13.0. The minimum atomic E-state index is -0.469. The summed E-state index contributed by atoms with van der Waals surface area (Å²) in [5.41, 5.74) is -0.228. The van der Waals surface area contributed by atoms with Gasteiger partial charge < -0.3 is 10.1 Å². The first kappa shape index (κ1) is 16.2. The van der Waals surface area contributed by atoms with Crippen molar-refractivity contribution in [2.45, 2.75) is 40.7 Å². The second kappa shape index (κ2) is 6.07. The monoisotopic (exact) mass is 281 g/mol. The van der Waals surface area contributed by atoms with Crippen molar-refractivity contribution in [3.05, 3.63) is 11.8 Å². The SMILES string of the molecule is CC(C)Oc1cc(C(=O)NCC(=O)C(C)(C)C)nn1C. The normalized spacial score (nSPS) is 11.6. The highest BCUT2D eigenvalue weighted by Crippen LogP contribution is 2.15. The van der Waals surface area contributed by atoms with Crippen molar-refractivity contribution in [1.29, 1.82) is 0 Å². The number of nitrogens with zero attached hydrogens (tertiary/aromatic N) is 2. The van der Waals surface area contributed by atoms with E-state index in [2.05, 4.69) is 10.4 Å². The minimum Gasteiger partial charge on any atom is -0.475 e. The Kier molecular flexibility index (Phi) is 4.92. The van der Waals surface area contributed by atoms with Crippen LogP contribution in [0, 0.1) is 5.41 Å². The minimum absolute atomic E-state index is 0.000716. The molecule has 1 amide bonds. The number of Topliss-reactive ketones (excluding diaryl/α,β-unsaturated/α-hetero) is 1. The van der Waals surface area contributed by atoms with Gasteiger partial charge in [-0.3, -0.25) is 9.59 Å². The Morgan fingerprint density at radius 2 is 2.00 bits per heavy atom. The van der Waals surface area contributed by atoms with Crippen molar-refractivity contribution >= 4 is 11.7 Å². The van der Waals surface area contributed by atoms with Gasteiger partial charge in [-0.15, -0.1) is 0 Å². The fourth-order valence-corrected chi connectivity index (χ4v) is 1.43. The molecular weight excluding hydrogens is 258 g/mol. The summed E-state index contributed by atoms with van der Waals surface area (Å²) in [6, 6.07) is 1.57. The highest BCUT2D eigenvalue weighted by atomic mass is 16.5. The first-order valence-electron chi connectivity index (χ1n) is 6.63. The molecule has 1 heterocycles. The Balaban J connectivity index is 2.67. The summed E-state index contributed by atoms with van der Waals surface area (Å²) in [5.74, 6) is 0.115. The fraction of sp³-hybridized carbons (Fsp3) is 0.643. The number of hydrogen-bond acceptors (Lipinski definition) is 4. The molecular formula is C14H23N3O3. The van der Waals surface area contributed by atoms with Crippen LogP contribution in [0.2, 0.25) is 0 Å². The molecule has 112 valence electrons. The number of hydrogen-bond donors (Lipinski definition) is 1. The number of ketones is 1. The largest absolute Gasteiger partial charge is 0.475 e. The summed E-state index contributed by atoms with van der Waals surface area (Å²) in [7, 11) is 1.70. The molecule has 0 spiro atoms. The zero-order valence-electron chi connectivity index (χ0n) is 13.0. The predicted molar refractivity (Wildman–Crippen MR) is 75.8 cm³/mol. The van der Waals surface area contributed by atoms with Crippen molar-refractivity contribution < 1.29 is 14.3 Å². The molecule has 6 nitrogen and oxygen atoms in total. The molecule has 0 aliphatic heterocycles. The Morgan fingerprint density at radius 3 is 2.50 bits per heavy atom. The van der Waals surface area contributed by atoms with Crippen molar-refractivity contribution in [2.24, 2.45) is 12.5 Å². The number of ether oxygens (including phenoxy) is 1. The standard InChI is InChI=1S/C14H23N3O3/c1-9(2)20-12-7-10(16-17(12)6)13(19)15-8-11(18)14(3,4)5/h7,9H,8H2,1-6H3,(H,15,19). The molecule has 0 radical (unpaired) electrons. The van der Waals surface area contributed by atoms with Gasteiger partial charge in [0.2, 0.25) is 5.88 Å². The van der Waals surface area contributed by atoms with E-state index in [1.165, 1.54) is 4.68 Å². The topological polar surface area (TPSA) is 73.2 Å². The number of aryl methyl sites for hydroxylation is 1. The van der Waals surface area contributed by atoms with E-state index in [1.807, 2.05) is 34.6 Å². The van der Waals surface area contributed by atoms with Crippen molar-refractivity contribution in [1.82, 2.24) is 15.1 Å². The maximum absolute atomic E-state index is 11.9. The first-order valence-corrected chi connectivity index (χ1v) is 6.63. The third-order valence-corrected chi connectivity index (χ3v) is 2.67. The molecule has 0 saturated heterocycles. The molecule has 0 bridgehead atoms. The molecule has 1 rings (SSSR count). The lowest BCUT2D eigenvalue weighted by molar-refractivity contribution is -0.125. The second-order valence-corrected chi connectivity index (χ2v) is 6.01. The molecule has 0 aliphatic carbocycles.